The molecule has 0 aliphatic heterocycles. The van der Waals surface area contributed by atoms with E-state index in [4.69, 9.17) is 5.26 Å². The van der Waals surface area contributed by atoms with Crippen molar-refractivity contribution in [2.45, 2.75) is 13.8 Å². The zero-order valence-electron chi connectivity index (χ0n) is 15.0. The Labute approximate surface area is 160 Å². The van der Waals surface area contributed by atoms with E-state index in [0.717, 1.165) is 4.88 Å². The summed E-state index contributed by atoms with van der Waals surface area (Å²) in [5, 5.41) is 15.3. The molecular weight excluding hydrogens is 365 g/mol. The van der Waals surface area contributed by atoms with E-state index in [-0.39, 0.29) is 23.5 Å². The summed E-state index contributed by atoms with van der Waals surface area (Å²) in [6, 6.07) is 11.8. The average molecular weight is 383 g/mol. The first-order valence-electron chi connectivity index (χ1n) is 8.49. The number of carbonyl (C=O) groups is 1. The van der Waals surface area contributed by atoms with Gasteiger partial charge in [0.05, 0.1) is 22.6 Å². The van der Waals surface area contributed by atoms with E-state index < -0.39 is 0 Å². The van der Waals surface area contributed by atoms with Crippen molar-refractivity contribution >= 4 is 17.2 Å². The molecule has 1 amide bonds. The highest BCUT2D eigenvalue weighted by molar-refractivity contribution is 7.13. The first kappa shape index (κ1) is 18.7. The maximum absolute atomic E-state index is 13.3. The van der Waals surface area contributed by atoms with Crippen molar-refractivity contribution in [2.24, 2.45) is 5.92 Å². The Kier molecular flexibility index (Phi) is 5.62. The second-order valence-electron chi connectivity index (χ2n) is 6.00. The van der Waals surface area contributed by atoms with Crippen molar-refractivity contribution in [3.63, 3.8) is 0 Å². The molecule has 0 spiro atoms. The number of carbonyl (C=O) groups excluding carboxylic acids is 1. The van der Waals surface area contributed by atoms with Gasteiger partial charge >= 0.3 is 0 Å². The van der Waals surface area contributed by atoms with E-state index in [9.17, 15) is 9.18 Å². The average Bonchev–Trinajstić information content (AvgIpc) is 3.35. The summed E-state index contributed by atoms with van der Waals surface area (Å²) in [5.74, 6) is -0.405. The van der Waals surface area contributed by atoms with Crippen LogP contribution in [0.2, 0.25) is 0 Å². The molecule has 0 saturated carbocycles. The Balaban J connectivity index is 2.02. The molecule has 27 heavy (non-hydrogen) atoms. The van der Waals surface area contributed by atoms with Crippen LogP contribution in [-0.2, 0) is 0 Å². The molecule has 8 heteroatoms. The van der Waals surface area contributed by atoms with E-state index in [1.165, 1.54) is 23.5 Å². The zero-order valence-corrected chi connectivity index (χ0v) is 15.8. The molecule has 3 aromatic rings. The number of thiophene rings is 1. The second kappa shape index (κ2) is 8.10. The van der Waals surface area contributed by atoms with Gasteiger partial charge in [0.1, 0.15) is 5.82 Å². The summed E-state index contributed by atoms with van der Waals surface area (Å²) >= 11 is 1.48. The molecule has 2 aromatic heterocycles. The molecule has 0 aliphatic rings. The van der Waals surface area contributed by atoms with E-state index >= 15 is 0 Å². The molecule has 6 nitrogen and oxygen atoms in total. The third-order valence-corrected chi connectivity index (χ3v) is 4.86. The first-order valence-corrected chi connectivity index (χ1v) is 9.37. The summed E-state index contributed by atoms with van der Waals surface area (Å²) in [7, 11) is 0. The van der Waals surface area contributed by atoms with E-state index in [1.54, 1.807) is 28.6 Å². The smallest absolute Gasteiger partial charge is 0.293 e. The van der Waals surface area contributed by atoms with E-state index in [0.29, 0.717) is 24.6 Å². The Morgan fingerprint density at radius 2 is 2.11 bits per heavy atom. The summed E-state index contributed by atoms with van der Waals surface area (Å²) in [5.41, 5.74) is 0.611. The number of hydrogen-bond donors (Lipinski definition) is 0. The quantitative estimate of drug-likeness (QED) is 0.650. The highest BCUT2D eigenvalue weighted by Gasteiger charge is 2.24. The molecule has 2 heterocycles. The summed E-state index contributed by atoms with van der Waals surface area (Å²) < 4.78 is 14.8. The number of amides is 1. The molecule has 1 atom stereocenters. The lowest BCUT2D eigenvalue weighted by atomic mass is 10.2. The van der Waals surface area contributed by atoms with Gasteiger partial charge in [-0.1, -0.05) is 6.07 Å². The van der Waals surface area contributed by atoms with Gasteiger partial charge < -0.3 is 4.90 Å². The van der Waals surface area contributed by atoms with Crippen molar-refractivity contribution in [1.82, 2.24) is 19.7 Å². The number of benzene rings is 1. The maximum atomic E-state index is 13.3. The number of aromatic nitrogens is 3. The summed E-state index contributed by atoms with van der Waals surface area (Å²) in [6.45, 7) is 4.37. The fourth-order valence-corrected chi connectivity index (χ4v) is 3.30. The number of nitriles is 1. The predicted octanol–water partition coefficient (Wildman–Crippen LogP) is 3.76. The molecule has 138 valence electrons. The van der Waals surface area contributed by atoms with Crippen LogP contribution in [0.25, 0.3) is 16.4 Å². The molecule has 3 rings (SSSR count). The first-order chi connectivity index (χ1) is 13.0. The molecule has 0 fully saturated rings. The van der Waals surface area contributed by atoms with Crippen molar-refractivity contribution < 1.29 is 9.18 Å². The lowest BCUT2D eigenvalue weighted by molar-refractivity contribution is 0.0740. The highest BCUT2D eigenvalue weighted by atomic mass is 32.1. The topological polar surface area (TPSA) is 74.8 Å². The lowest BCUT2D eigenvalue weighted by Gasteiger charge is -2.20. The minimum Gasteiger partial charge on any atom is -0.335 e. The molecule has 1 unspecified atom stereocenters. The van der Waals surface area contributed by atoms with Crippen LogP contribution >= 0.6 is 11.3 Å². The van der Waals surface area contributed by atoms with Crippen molar-refractivity contribution in [3.05, 3.63) is 53.4 Å². The number of hydrogen-bond acceptors (Lipinski definition) is 5. The molecule has 0 aliphatic carbocycles. The molecule has 0 saturated heterocycles. The molecular formula is C19H18FN5OS. The predicted molar refractivity (Wildman–Crippen MR) is 101 cm³/mol. The molecule has 1 aromatic carbocycles. The SMILES string of the molecule is CCN(CC(C)C#N)C(=O)c1nc(-c2cccs2)n(-c2ccc(F)cc2)n1. The number of nitrogens with zero attached hydrogens (tertiary/aromatic N) is 5. The fourth-order valence-electron chi connectivity index (χ4n) is 2.60. The van der Waals surface area contributed by atoms with Gasteiger partial charge in [0.2, 0.25) is 5.82 Å². The van der Waals surface area contributed by atoms with Crippen LogP contribution in [0.4, 0.5) is 4.39 Å². The Morgan fingerprint density at radius 1 is 1.37 bits per heavy atom. The van der Waals surface area contributed by atoms with Crippen molar-refractivity contribution in [3.8, 4) is 22.5 Å². The maximum Gasteiger partial charge on any atom is 0.293 e. The molecule has 0 bridgehead atoms. The van der Waals surface area contributed by atoms with Crippen LogP contribution in [0.15, 0.2) is 41.8 Å². The van der Waals surface area contributed by atoms with Gasteiger partial charge in [-0.2, -0.15) is 5.26 Å². The van der Waals surface area contributed by atoms with Gasteiger partial charge in [-0.05, 0) is 49.6 Å². The van der Waals surface area contributed by atoms with Crippen LogP contribution in [-0.4, -0.2) is 38.7 Å². The highest BCUT2D eigenvalue weighted by Crippen LogP contribution is 2.26. The fraction of sp³-hybridized carbons (Fsp3) is 0.263. The Hall–Kier alpha value is -3.05. The Morgan fingerprint density at radius 3 is 2.70 bits per heavy atom. The Bertz CT molecular complexity index is 959. The molecule has 0 radical (unpaired) electrons. The van der Waals surface area contributed by atoms with Gasteiger partial charge in [-0.3, -0.25) is 4.79 Å². The van der Waals surface area contributed by atoms with Crippen molar-refractivity contribution in [2.75, 3.05) is 13.1 Å². The largest absolute Gasteiger partial charge is 0.335 e. The summed E-state index contributed by atoms with van der Waals surface area (Å²) in [6.07, 6.45) is 0. The minimum atomic E-state index is -0.351. The van der Waals surface area contributed by atoms with Crippen LogP contribution in [0.3, 0.4) is 0 Å². The van der Waals surface area contributed by atoms with Gasteiger partial charge in [-0.15, -0.1) is 16.4 Å². The van der Waals surface area contributed by atoms with E-state index in [1.807, 2.05) is 24.4 Å². The van der Waals surface area contributed by atoms with Gasteiger partial charge in [0, 0.05) is 13.1 Å². The van der Waals surface area contributed by atoms with Crippen LogP contribution < -0.4 is 0 Å². The van der Waals surface area contributed by atoms with Gasteiger partial charge in [0.25, 0.3) is 5.91 Å². The monoisotopic (exact) mass is 383 g/mol. The van der Waals surface area contributed by atoms with Crippen LogP contribution in [0, 0.1) is 23.1 Å². The minimum absolute atomic E-state index is 0.0507. The standard InChI is InChI=1S/C19H18FN5OS/c1-3-24(12-13(2)11-21)19(26)17-22-18(16-5-4-10-27-16)25(23-17)15-8-6-14(20)7-9-15/h4-10,13H,3,12H2,1-2H3. The summed E-state index contributed by atoms with van der Waals surface area (Å²) in [4.78, 5) is 19.7. The number of halogens is 1. The van der Waals surface area contributed by atoms with Gasteiger partial charge in [0.15, 0.2) is 5.82 Å². The second-order valence-corrected chi connectivity index (χ2v) is 6.95. The lowest BCUT2D eigenvalue weighted by Crippen LogP contribution is -2.35. The third-order valence-electron chi connectivity index (χ3n) is 3.99. The van der Waals surface area contributed by atoms with Gasteiger partial charge in [-0.25, -0.2) is 14.1 Å². The van der Waals surface area contributed by atoms with E-state index in [2.05, 4.69) is 16.2 Å². The zero-order chi connectivity index (χ0) is 19.4. The normalized spacial score (nSPS) is 11.8. The molecule has 0 N–H and O–H groups in total. The third kappa shape index (κ3) is 4.04. The van der Waals surface area contributed by atoms with Crippen LogP contribution in [0.5, 0.6) is 0 Å². The number of rotatable bonds is 6. The van der Waals surface area contributed by atoms with Crippen LogP contribution in [0.1, 0.15) is 24.5 Å². The van der Waals surface area contributed by atoms with Crippen molar-refractivity contribution in [1.29, 1.82) is 5.26 Å².